The van der Waals surface area contributed by atoms with Gasteiger partial charge in [-0.1, -0.05) is 36.0 Å². The van der Waals surface area contributed by atoms with Gasteiger partial charge >= 0.3 is 0 Å². The lowest BCUT2D eigenvalue weighted by atomic mass is 9.89. The molecular formula is C24H22Cl2N4. The van der Waals surface area contributed by atoms with Crippen molar-refractivity contribution in [3.05, 3.63) is 71.0 Å². The number of nitrogens with zero attached hydrogens (tertiary/aromatic N) is 2. The van der Waals surface area contributed by atoms with E-state index >= 15 is 0 Å². The van der Waals surface area contributed by atoms with Crippen LogP contribution in [-0.4, -0.2) is 22.1 Å². The van der Waals surface area contributed by atoms with E-state index in [1.165, 1.54) is 12.8 Å². The van der Waals surface area contributed by atoms with Gasteiger partial charge in [-0.15, -0.1) is 0 Å². The van der Waals surface area contributed by atoms with Crippen molar-refractivity contribution in [2.75, 3.05) is 10.6 Å². The highest BCUT2D eigenvalue weighted by Gasteiger charge is 2.26. The summed E-state index contributed by atoms with van der Waals surface area (Å²) in [7, 11) is 0. The predicted molar refractivity (Wildman–Crippen MR) is 127 cm³/mol. The molecule has 0 saturated heterocycles. The van der Waals surface area contributed by atoms with Gasteiger partial charge < -0.3 is 10.6 Å². The SMILES string of the molecule is Clc1ccc2c(NC3CCCCC3Nc3ccnc4cc(Cl)ccc34)ccnc2c1. The standard InChI is InChI=1S/C24H22Cl2N4/c25-15-5-7-17-19(9-11-27-23(17)13-15)29-21-3-1-2-4-22(21)30-20-10-12-28-24-14-16(26)6-8-18(20)24/h5-14,21-22H,1-4H2,(H,27,29)(H,28,30). The molecule has 0 bridgehead atoms. The van der Waals surface area contributed by atoms with Crippen molar-refractivity contribution >= 4 is 56.4 Å². The van der Waals surface area contributed by atoms with E-state index in [1.54, 1.807) is 0 Å². The summed E-state index contributed by atoms with van der Waals surface area (Å²) < 4.78 is 0. The summed E-state index contributed by atoms with van der Waals surface area (Å²) in [5, 5.41) is 11.2. The smallest absolute Gasteiger partial charge is 0.0737 e. The van der Waals surface area contributed by atoms with E-state index in [9.17, 15) is 0 Å². The van der Waals surface area contributed by atoms with Gasteiger partial charge in [0.05, 0.1) is 11.0 Å². The van der Waals surface area contributed by atoms with E-state index in [4.69, 9.17) is 23.2 Å². The quantitative estimate of drug-likeness (QED) is 0.364. The van der Waals surface area contributed by atoms with Gasteiger partial charge in [-0.05, 0) is 61.4 Å². The Bertz CT molecular complexity index is 1120. The molecule has 2 aromatic carbocycles. The van der Waals surface area contributed by atoms with E-state index in [0.29, 0.717) is 22.1 Å². The average Bonchev–Trinajstić information content (AvgIpc) is 2.75. The molecule has 30 heavy (non-hydrogen) atoms. The molecule has 1 saturated carbocycles. The fourth-order valence-electron chi connectivity index (χ4n) is 4.37. The molecule has 152 valence electrons. The van der Waals surface area contributed by atoms with E-state index in [2.05, 4.69) is 20.6 Å². The number of anilines is 2. The first-order chi connectivity index (χ1) is 14.7. The first kappa shape index (κ1) is 19.4. The van der Waals surface area contributed by atoms with Gasteiger partial charge in [-0.2, -0.15) is 0 Å². The molecule has 1 aliphatic rings. The van der Waals surface area contributed by atoms with Gasteiger partial charge in [-0.3, -0.25) is 9.97 Å². The molecule has 2 N–H and O–H groups in total. The van der Waals surface area contributed by atoms with Crippen LogP contribution in [0.4, 0.5) is 11.4 Å². The first-order valence-corrected chi connectivity index (χ1v) is 11.0. The van der Waals surface area contributed by atoms with Crippen LogP contribution >= 0.6 is 23.2 Å². The molecular weight excluding hydrogens is 415 g/mol. The van der Waals surface area contributed by atoms with Crippen LogP contribution in [0.1, 0.15) is 25.7 Å². The van der Waals surface area contributed by atoms with Crippen molar-refractivity contribution in [1.29, 1.82) is 0 Å². The van der Waals surface area contributed by atoms with Crippen LogP contribution in [0.3, 0.4) is 0 Å². The minimum atomic E-state index is 0.315. The fourth-order valence-corrected chi connectivity index (χ4v) is 4.70. The number of halogens is 2. The Labute approximate surface area is 185 Å². The maximum Gasteiger partial charge on any atom is 0.0737 e. The van der Waals surface area contributed by atoms with Gasteiger partial charge in [0.1, 0.15) is 0 Å². The number of hydrogen-bond acceptors (Lipinski definition) is 4. The van der Waals surface area contributed by atoms with Crippen molar-refractivity contribution in [3.63, 3.8) is 0 Å². The third kappa shape index (κ3) is 3.90. The molecule has 0 amide bonds. The average molecular weight is 437 g/mol. The second-order valence-electron chi connectivity index (χ2n) is 7.83. The molecule has 6 heteroatoms. The number of hydrogen-bond donors (Lipinski definition) is 2. The van der Waals surface area contributed by atoms with Crippen LogP contribution in [-0.2, 0) is 0 Å². The Morgan fingerprint density at radius 2 is 1.13 bits per heavy atom. The lowest BCUT2D eigenvalue weighted by Gasteiger charge is -2.34. The van der Waals surface area contributed by atoms with E-state index in [1.807, 2.05) is 60.9 Å². The van der Waals surface area contributed by atoms with Gasteiger partial charge in [0.25, 0.3) is 0 Å². The fraction of sp³-hybridized carbons (Fsp3) is 0.250. The van der Waals surface area contributed by atoms with Crippen LogP contribution < -0.4 is 10.6 Å². The van der Waals surface area contributed by atoms with E-state index in [0.717, 1.165) is 46.0 Å². The van der Waals surface area contributed by atoms with Crippen molar-refractivity contribution in [2.24, 2.45) is 0 Å². The highest BCUT2D eigenvalue weighted by atomic mass is 35.5. The number of benzene rings is 2. The normalized spacial score (nSPS) is 19.1. The molecule has 0 aliphatic heterocycles. The Hall–Kier alpha value is -2.56. The van der Waals surface area contributed by atoms with Crippen molar-refractivity contribution < 1.29 is 0 Å². The molecule has 2 heterocycles. The van der Waals surface area contributed by atoms with Crippen LogP contribution in [0, 0.1) is 0 Å². The zero-order chi connectivity index (χ0) is 20.5. The van der Waals surface area contributed by atoms with Crippen LogP contribution in [0.15, 0.2) is 60.9 Å². The largest absolute Gasteiger partial charge is 0.380 e. The summed E-state index contributed by atoms with van der Waals surface area (Å²) >= 11 is 12.3. The highest BCUT2D eigenvalue weighted by molar-refractivity contribution is 6.31. The van der Waals surface area contributed by atoms with Crippen LogP contribution in [0.2, 0.25) is 10.0 Å². The molecule has 0 radical (unpaired) electrons. The van der Waals surface area contributed by atoms with E-state index < -0.39 is 0 Å². The maximum absolute atomic E-state index is 6.15. The minimum Gasteiger partial charge on any atom is -0.380 e. The molecule has 2 atom stereocenters. The first-order valence-electron chi connectivity index (χ1n) is 10.3. The number of pyridine rings is 2. The number of aromatic nitrogens is 2. The second-order valence-corrected chi connectivity index (χ2v) is 8.70. The zero-order valence-electron chi connectivity index (χ0n) is 16.4. The number of rotatable bonds is 4. The summed E-state index contributed by atoms with van der Waals surface area (Å²) in [6, 6.07) is 16.5. The predicted octanol–water partition coefficient (Wildman–Crippen LogP) is 6.93. The van der Waals surface area contributed by atoms with Gasteiger partial charge in [0, 0.05) is 56.7 Å². The summed E-state index contributed by atoms with van der Waals surface area (Å²) in [6.45, 7) is 0. The van der Waals surface area contributed by atoms with Crippen molar-refractivity contribution in [2.45, 2.75) is 37.8 Å². The summed E-state index contributed by atoms with van der Waals surface area (Å²) in [6.07, 6.45) is 8.35. The minimum absolute atomic E-state index is 0.315. The van der Waals surface area contributed by atoms with Crippen LogP contribution in [0.25, 0.3) is 21.8 Å². The Kier molecular flexibility index (Phi) is 5.36. The van der Waals surface area contributed by atoms with Crippen molar-refractivity contribution in [3.8, 4) is 0 Å². The number of fused-ring (bicyclic) bond motifs is 2. The van der Waals surface area contributed by atoms with Crippen molar-refractivity contribution in [1.82, 2.24) is 9.97 Å². The molecule has 1 aliphatic carbocycles. The topological polar surface area (TPSA) is 49.8 Å². The van der Waals surface area contributed by atoms with Gasteiger partial charge in [0.2, 0.25) is 0 Å². The second kappa shape index (κ2) is 8.29. The summed E-state index contributed by atoms with van der Waals surface area (Å²) in [5.41, 5.74) is 4.01. The lowest BCUT2D eigenvalue weighted by molar-refractivity contribution is 0.424. The van der Waals surface area contributed by atoms with E-state index in [-0.39, 0.29) is 0 Å². The zero-order valence-corrected chi connectivity index (χ0v) is 17.9. The highest BCUT2D eigenvalue weighted by Crippen LogP contribution is 2.31. The molecule has 0 spiro atoms. The van der Waals surface area contributed by atoms with Crippen LogP contribution in [0.5, 0.6) is 0 Å². The Balaban J connectivity index is 1.44. The number of nitrogens with one attached hydrogen (secondary N) is 2. The monoisotopic (exact) mass is 436 g/mol. The molecule has 2 aromatic heterocycles. The third-order valence-corrected chi connectivity index (χ3v) is 6.33. The Morgan fingerprint density at radius 3 is 1.60 bits per heavy atom. The molecule has 1 fully saturated rings. The molecule has 4 nitrogen and oxygen atoms in total. The maximum atomic E-state index is 6.15. The third-order valence-electron chi connectivity index (χ3n) is 5.86. The lowest BCUT2D eigenvalue weighted by Crippen LogP contribution is -2.41. The van der Waals surface area contributed by atoms with Gasteiger partial charge in [-0.25, -0.2) is 0 Å². The molecule has 5 rings (SSSR count). The summed E-state index contributed by atoms with van der Waals surface area (Å²) in [4.78, 5) is 8.93. The molecule has 2 unspecified atom stereocenters. The summed E-state index contributed by atoms with van der Waals surface area (Å²) in [5.74, 6) is 0. The van der Waals surface area contributed by atoms with Gasteiger partial charge in [0.15, 0.2) is 0 Å². The molecule has 4 aromatic rings. The Morgan fingerprint density at radius 1 is 0.667 bits per heavy atom.